The van der Waals surface area contributed by atoms with Crippen molar-refractivity contribution in [3.05, 3.63) is 23.3 Å². The minimum atomic E-state index is -0.802. The van der Waals surface area contributed by atoms with Crippen LogP contribution in [0.1, 0.15) is 30.9 Å². The van der Waals surface area contributed by atoms with Crippen molar-refractivity contribution in [2.24, 2.45) is 5.73 Å². The van der Waals surface area contributed by atoms with E-state index >= 15 is 0 Å². The predicted molar refractivity (Wildman–Crippen MR) is 75.4 cm³/mol. The van der Waals surface area contributed by atoms with Crippen molar-refractivity contribution < 1.29 is 19.4 Å². The van der Waals surface area contributed by atoms with Crippen LogP contribution in [-0.2, 0) is 17.6 Å². The minimum absolute atomic E-state index is 0.119. The fourth-order valence-corrected chi connectivity index (χ4v) is 2.49. The van der Waals surface area contributed by atoms with Crippen LogP contribution in [-0.4, -0.2) is 30.3 Å². The van der Waals surface area contributed by atoms with Gasteiger partial charge in [0.05, 0.1) is 13.2 Å². The van der Waals surface area contributed by atoms with Gasteiger partial charge in [-0.2, -0.15) is 0 Å². The molecule has 0 spiro atoms. The molecule has 110 valence electrons. The molecule has 1 aliphatic rings. The standard InChI is InChI=1S/C15H21NO4/c1-2-19-14-9-12(20-5-3-4-15(17)18)7-10-6-11(16)8-13(10)14/h7,9,11H,2-6,8,16H2,1H3,(H,17,18). The third-order valence-electron chi connectivity index (χ3n) is 3.33. The van der Waals surface area contributed by atoms with Crippen LogP contribution in [0.2, 0.25) is 0 Å². The lowest BCUT2D eigenvalue weighted by Gasteiger charge is -2.13. The van der Waals surface area contributed by atoms with Gasteiger partial charge in [-0.1, -0.05) is 0 Å². The fraction of sp³-hybridized carbons (Fsp3) is 0.533. The van der Waals surface area contributed by atoms with Gasteiger partial charge in [-0.05, 0) is 43.4 Å². The first kappa shape index (κ1) is 14.7. The van der Waals surface area contributed by atoms with Crippen molar-refractivity contribution in [1.82, 2.24) is 0 Å². The molecule has 1 aromatic rings. The Bertz CT molecular complexity index is 487. The molecule has 0 bridgehead atoms. The molecule has 1 unspecified atom stereocenters. The molecule has 1 atom stereocenters. The third kappa shape index (κ3) is 3.63. The van der Waals surface area contributed by atoms with Crippen LogP contribution in [0.4, 0.5) is 0 Å². The summed E-state index contributed by atoms with van der Waals surface area (Å²) in [6.07, 6.45) is 2.29. The number of carbonyl (C=O) groups is 1. The van der Waals surface area contributed by atoms with Crippen LogP contribution in [0.5, 0.6) is 11.5 Å². The number of aliphatic carboxylic acids is 1. The highest BCUT2D eigenvalue weighted by molar-refractivity contribution is 5.66. The van der Waals surface area contributed by atoms with Crippen LogP contribution in [0.25, 0.3) is 0 Å². The van der Waals surface area contributed by atoms with E-state index in [1.54, 1.807) is 0 Å². The Morgan fingerprint density at radius 3 is 2.90 bits per heavy atom. The monoisotopic (exact) mass is 279 g/mol. The second-order valence-electron chi connectivity index (χ2n) is 5.01. The number of benzene rings is 1. The molecule has 0 amide bonds. The van der Waals surface area contributed by atoms with Gasteiger partial charge in [-0.15, -0.1) is 0 Å². The zero-order valence-electron chi connectivity index (χ0n) is 11.7. The summed E-state index contributed by atoms with van der Waals surface area (Å²) in [4.78, 5) is 10.4. The number of carboxylic acid groups (broad SMARTS) is 1. The maximum atomic E-state index is 10.4. The number of rotatable bonds is 7. The molecule has 0 heterocycles. The third-order valence-corrected chi connectivity index (χ3v) is 3.33. The van der Waals surface area contributed by atoms with Gasteiger partial charge in [0.1, 0.15) is 11.5 Å². The Morgan fingerprint density at radius 1 is 1.40 bits per heavy atom. The zero-order chi connectivity index (χ0) is 14.5. The summed E-state index contributed by atoms with van der Waals surface area (Å²) in [5, 5.41) is 8.59. The summed E-state index contributed by atoms with van der Waals surface area (Å²) in [5.74, 6) is 0.765. The van der Waals surface area contributed by atoms with Gasteiger partial charge in [0.15, 0.2) is 0 Å². The summed E-state index contributed by atoms with van der Waals surface area (Å²) in [6, 6.07) is 4.01. The molecular weight excluding hydrogens is 258 g/mol. The highest BCUT2D eigenvalue weighted by Gasteiger charge is 2.23. The molecule has 0 saturated carbocycles. The van der Waals surface area contributed by atoms with Crippen molar-refractivity contribution in [2.75, 3.05) is 13.2 Å². The van der Waals surface area contributed by atoms with Gasteiger partial charge in [0, 0.05) is 18.5 Å². The predicted octanol–water partition coefficient (Wildman–Crippen LogP) is 1.75. The largest absolute Gasteiger partial charge is 0.493 e. The molecular formula is C15H21NO4. The van der Waals surface area contributed by atoms with Gasteiger partial charge in [-0.3, -0.25) is 4.79 Å². The maximum Gasteiger partial charge on any atom is 0.303 e. The number of carboxylic acids is 1. The van der Waals surface area contributed by atoms with Gasteiger partial charge >= 0.3 is 5.97 Å². The second-order valence-corrected chi connectivity index (χ2v) is 5.01. The maximum absolute atomic E-state index is 10.4. The molecule has 2 rings (SSSR count). The number of ether oxygens (including phenoxy) is 2. The normalized spacial score (nSPS) is 16.8. The molecule has 0 radical (unpaired) electrons. The SMILES string of the molecule is CCOc1cc(OCCCC(=O)O)cc2c1CC(N)C2. The van der Waals surface area contributed by atoms with Crippen molar-refractivity contribution >= 4 is 5.97 Å². The van der Waals surface area contributed by atoms with E-state index in [2.05, 4.69) is 0 Å². The van der Waals surface area contributed by atoms with Gasteiger partial charge < -0.3 is 20.3 Å². The van der Waals surface area contributed by atoms with Crippen molar-refractivity contribution in [3.63, 3.8) is 0 Å². The van der Waals surface area contributed by atoms with Gasteiger partial charge in [0.25, 0.3) is 0 Å². The van der Waals surface area contributed by atoms with Crippen LogP contribution in [0, 0.1) is 0 Å². The molecule has 0 saturated heterocycles. The molecule has 3 N–H and O–H groups in total. The Morgan fingerprint density at radius 2 is 2.20 bits per heavy atom. The Balaban J connectivity index is 2.05. The molecule has 0 aliphatic heterocycles. The lowest BCUT2D eigenvalue weighted by Crippen LogP contribution is -2.19. The zero-order valence-corrected chi connectivity index (χ0v) is 11.7. The summed E-state index contributed by atoms with van der Waals surface area (Å²) in [7, 11) is 0. The highest BCUT2D eigenvalue weighted by Crippen LogP contribution is 2.34. The van der Waals surface area contributed by atoms with Crippen LogP contribution >= 0.6 is 0 Å². The highest BCUT2D eigenvalue weighted by atomic mass is 16.5. The Labute approximate surface area is 118 Å². The van der Waals surface area contributed by atoms with Gasteiger partial charge in [-0.25, -0.2) is 0 Å². The first-order chi connectivity index (χ1) is 9.60. The average molecular weight is 279 g/mol. The van der Waals surface area contributed by atoms with Crippen LogP contribution < -0.4 is 15.2 Å². The Hall–Kier alpha value is -1.75. The smallest absolute Gasteiger partial charge is 0.303 e. The lowest BCUT2D eigenvalue weighted by atomic mass is 10.1. The van der Waals surface area contributed by atoms with Crippen molar-refractivity contribution in [1.29, 1.82) is 0 Å². The van der Waals surface area contributed by atoms with E-state index in [1.165, 1.54) is 11.1 Å². The quantitative estimate of drug-likeness (QED) is 0.743. The van der Waals surface area contributed by atoms with Gasteiger partial charge in [0.2, 0.25) is 0 Å². The number of hydrogen-bond acceptors (Lipinski definition) is 4. The van der Waals surface area contributed by atoms with Crippen LogP contribution in [0.15, 0.2) is 12.1 Å². The van der Waals surface area contributed by atoms with Crippen molar-refractivity contribution in [3.8, 4) is 11.5 Å². The van der Waals surface area contributed by atoms with E-state index in [4.69, 9.17) is 20.3 Å². The molecule has 1 aliphatic carbocycles. The first-order valence-electron chi connectivity index (χ1n) is 6.99. The first-order valence-corrected chi connectivity index (χ1v) is 6.99. The number of hydrogen-bond donors (Lipinski definition) is 2. The molecule has 5 nitrogen and oxygen atoms in total. The van der Waals surface area contributed by atoms with E-state index in [0.717, 1.165) is 24.3 Å². The van der Waals surface area contributed by atoms with Crippen LogP contribution in [0.3, 0.4) is 0 Å². The summed E-state index contributed by atoms with van der Waals surface area (Å²) in [6.45, 7) is 2.94. The lowest BCUT2D eigenvalue weighted by molar-refractivity contribution is -0.137. The summed E-state index contributed by atoms with van der Waals surface area (Å²) >= 11 is 0. The summed E-state index contributed by atoms with van der Waals surface area (Å²) in [5.41, 5.74) is 8.35. The topological polar surface area (TPSA) is 81.8 Å². The molecule has 1 aromatic carbocycles. The number of nitrogens with two attached hydrogens (primary N) is 1. The molecule has 0 aromatic heterocycles. The Kier molecular flexibility index (Phi) is 4.84. The second kappa shape index (κ2) is 6.61. The molecule has 20 heavy (non-hydrogen) atoms. The van der Waals surface area contributed by atoms with E-state index in [9.17, 15) is 4.79 Å². The molecule has 0 fully saturated rings. The van der Waals surface area contributed by atoms with E-state index in [-0.39, 0.29) is 12.5 Å². The summed E-state index contributed by atoms with van der Waals surface area (Å²) < 4.78 is 11.3. The minimum Gasteiger partial charge on any atom is -0.493 e. The van der Waals surface area contributed by atoms with Crippen molar-refractivity contribution in [2.45, 2.75) is 38.6 Å². The van der Waals surface area contributed by atoms with E-state index in [0.29, 0.717) is 19.6 Å². The van der Waals surface area contributed by atoms with E-state index in [1.807, 2.05) is 19.1 Å². The molecule has 5 heteroatoms. The van der Waals surface area contributed by atoms with E-state index < -0.39 is 5.97 Å². The number of fused-ring (bicyclic) bond motifs is 1. The fourth-order valence-electron chi connectivity index (χ4n) is 2.49. The average Bonchev–Trinajstić information content (AvgIpc) is 2.75.